The summed E-state index contributed by atoms with van der Waals surface area (Å²) in [6, 6.07) is 13.2. The third-order valence-corrected chi connectivity index (χ3v) is 4.67. The molecule has 1 amide bonds. The number of carbonyl (C=O) groups is 1. The van der Waals surface area contributed by atoms with Gasteiger partial charge in [-0.15, -0.1) is 0 Å². The first-order valence-corrected chi connectivity index (χ1v) is 9.37. The van der Waals surface area contributed by atoms with Gasteiger partial charge in [-0.2, -0.15) is 5.10 Å². The number of fused-ring (bicyclic) bond motifs is 1. The molecule has 1 aliphatic heterocycles. The molecular formula is C21H22N4O4. The van der Waals surface area contributed by atoms with Crippen molar-refractivity contribution in [2.75, 3.05) is 40.0 Å². The maximum Gasteiger partial charge on any atom is 0.260 e. The molecule has 8 heteroatoms. The zero-order valence-electron chi connectivity index (χ0n) is 16.2. The predicted molar refractivity (Wildman–Crippen MR) is 109 cm³/mol. The van der Waals surface area contributed by atoms with E-state index in [9.17, 15) is 4.79 Å². The molecule has 0 bridgehead atoms. The SMILES string of the molecule is COc1cc(/C=N\n2cnc3ccccc32)ccc1OCC(=O)N1CCOCC1. The van der Waals surface area contributed by atoms with Crippen molar-refractivity contribution in [1.82, 2.24) is 14.6 Å². The van der Waals surface area contributed by atoms with Crippen molar-refractivity contribution in [2.24, 2.45) is 5.10 Å². The number of para-hydroxylation sites is 2. The topological polar surface area (TPSA) is 78.2 Å². The lowest BCUT2D eigenvalue weighted by Crippen LogP contribution is -2.43. The number of benzene rings is 2. The average Bonchev–Trinajstić information content (AvgIpc) is 3.20. The Labute approximate surface area is 168 Å². The van der Waals surface area contributed by atoms with Gasteiger partial charge in [0.25, 0.3) is 5.91 Å². The van der Waals surface area contributed by atoms with Crippen LogP contribution < -0.4 is 9.47 Å². The van der Waals surface area contributed by atoms with Gasteiger partial charge in [0.05, 0.1) is 37.6 Å². The molecule has 1 saturated heterocycles. The highest BCUT2D eigenvalue weighted by atomic mass is 16.5. The highest BCUT2D eigenvalue weighted by Crippen LogP contribution is 2.27. The van der Waals surface area contributed by atoms with Gasteiger partial charge in [0.1, 0.15) is 6.33 Å². The zero-order chi connectivity index (χ0) is 20.1. The van der Waals surface area contributed by atoms with Gasteiger partial charge in [-0.25, -0.2) is 9.66 Å². The van der Waals surface area contributed by atoms with E-state index in [1.165, 1.54) is 0 Å². The van der Waals surface area contributed by atoms with E-state index >= 15 is 0 Å². The normalized spacial score (nSPS) is 14.4. The number of hydrogen-bond acceptors (Lipinski definition) is 6. The van der Waals surface area contributed by atoms with Crippen LogP contribution in [0.1, 0.15) is 5.56 Å². The Kier molecular flexibility index (Phi) is 5.71. The van der Waals surface area contributed by atoms with Gasteiger partial charge in [0.2, 0.25) is 0 Å². The lowest BCUT2D eigenvalue weighted by molar-refractivity contribution is -0.137. The van der Waals surface area contributed by atoms with Crippen molar-refractivity contribution in [3.63, 3.8) is 0 Å². The number of morpholine rings is 1. The second kappa shape index (κ2) is 8.74. The average molecular weight is 394 g/mol. The summed E-state index contributed by atoms with van der Waals surface area (Å²) >= 11 is 0. The predicted octanol–water partition coefficient (Wildman–Crippen LogP) is 2.16. The highest BCUT2D eigenvalue weighted by molar-refractivity contribution is 5.82. The van der Waals surface area contributed by atoms with E-state index in [0.717, 1.165) is 16.6 Å². The smallest absolute Gasteiger partial charge is 0.260 e. The molecule has 0 aliphatic carbocycles. The van der Waals surface area contributed by atoms with Crippen LogP contribution in [0, 0.1) is 0 Å². The van der Waals surface area contributed by atoms with Gasteiger partial charge in [0, 0.05) is 13.1 Å². The summed E-state index contributed by atoms with van der Waals surface area (Å²) in [6.07, 6.45) is 3.40. The van der Waals surface area contributed by atoms with Crippen LogP contribution in [0.2, 0.25) is 0 Å². The molecule has 150 valence electrons. The number of amides is 1. The second-order valence-corrected chi connectivity index (χ2v) is 6.51. The van der Waals surface area contributed by atoms with Gasteiger partial charge >= 0.3 is 0 Å². The number of hydrogen-bond donors (Lipinski definition) is 0. The standard InChI is InChI=1S/C21H22N4O4/c1-27-20-12-16(13-23-25-15-22-17-4-2-3-5-18(17)25)6-7-19(20)29-14-21(26)24-8-10-28-11-9-24/h2-7,12-13,15H,8-11,14H2,1H3/b23-13-. The molecule has 2 heterocycles. The van der Waals surface area contributed by atoms with E-state index in [2.05, 4.69) is 10.1 Å². The fourth-order valence-electron chi connectivity index (χ4n) is 3.09. The summed E-state index contributed by atoms with van der Waals surface area (Å²) in [7, 11) is 1.57. The molecule has 3 aromatic rings. The molecule has 0 radical (unpaired) electrons. The molecular weight excluding hydrogens is 372 g/mol. The molecule has 0 unspecified atom stereocenters. The van der Waals surface area contributed by atoms with Gasteiger partial charge in [-0.1, -0.05) is 12.1 Å². The van der Waals surface area contributed by atoms with Crippen LogP contribution in [0.5, 0.6) is 11.5 Å². The Balaban J connectivity index is 1.44. The maximum atomic E-state index is 12.3. The summed E-state index contributed by atoms with van der Waals surface area (Å²) in [5, 5.41) is 4.47. The molecule has 1 aromatic heterocycles. The van der Waals surface area contributed by atoms with Crippen LogP contribution in [0.3, 0.4) is 0 Å². The summed E-state index contributed by atoms with van der Waals surface area (Å²) in [5.41, 5.74) is 2.65. The molecule has 2 aromatic carbocycles. The Morgan fingerprint density at radius 3 is 2.86 bits per heavy atom. The Hall–Kier alpha value is -3.39. The fourth-order valence-corrected chi connectivity index (χ4v) is 3.09. The van der Waals surface area contributed by atoms with Crippen LogP contribution in [-0.2, 0) is 9.53 Å². The quantitative estimate of drug-likeness (QED) is 0.599. The van der Waals surface area contributed by atoms with Crippen molar-refractivity contribution in [1.29, 1.82) is 0 Å². The van der Waals surface area contributed by atoms with Gasteiger partial charge in [-0.05, 0) is 35.9 Å². The van der Waals surface area contributed by atoms with Crippen LogP contribution in [0.4, 0.5) is 0 Å². The number of ether oxygens (including phenoxy) is 3. The van der Waals surface area contributed by atoms with Gasteiger partial charge < -0.3 is 19.1 Å². The minimum Gasteiger partial charge on any atom is -0.493 e. The lowest BCUT2D eigenvalue weighted by Gasteiger charge is -2.26. The first kappa shape index (κ1) is 18.9. The molecule has 4 rings (SSSR count). The van der Waals surface area contributed by atoms with E-state index in [-0.39, 0.29) is 12.5 Å². The van der Waals surface area contributed by atoms with Crippen molar-refractivity contribution in [2.45, 2.75) is 0 Å². The van der Waals surface area contributed by atoms with Crippen LogP contribution in [0.25, 0.3) is 11.0 Å². The van der Waals surface area contributed by atoms with Crippen LogP contribution in [0.15, 0.2) is 53.9 Å². The largest absolute Gasteiger partial charge is 0.493 e. The molecule has 1 aliphatic rings. The maximum absolute atomic E-state index is 12.3. The molecule has 1 fully saturated rings. The fraction of sp³-hybridized carbons (Fsp3) is 0.286. The summed E-state index contributed by atoms with van der Waals surface area (Å²) in [4.78, 5) is 18.3. The number of carbonyl (C=O) groups excluding carboxylic acids is 1. The van der Waals surface area contributed by atoms with E-state index in [1.807, 2.05) is 36.4 Å². The highest BCUT2D eigenvalue weighted by Gasteiger charge is 2.18. The molecule has 0 N–H and O–H groups in total. The number of aromatic nitrogens is 2. The summed E-state index contributed by atoms with van der Waals surface area (Å²) < 4.78 is 18.1. The van der Waals surface area contributed by atoms with E-state index in [4.69, 9.17) is 14.2 Å². The molecule has 0 saturated carbocycles. The number of methoxy groups -OCH3 is 1. The number of imidazole rings is 1. The van der Waals surface area contributed by atoms with Gasteiger partial charge in [-0.3, -0.25) is 4.79 Å². The Morgan fingerprint density at radius 1 is 1.21 bits per heavy atom. The first-order valence-electron chi connectivity index (χ1n) is 9.37. The molecule has 29 heavy (non-hydrogen) atoms. The molecule has 8 nitrogen and oxygen atoms in total. The second-order valence-electron chi connectivity index (χ2n) is 6.51. The van der Waals surface area contributed by atoms with Crippen LogP contribution >= 0.6 is 0 Å². The summed E-state index contributed by atoms with van der Waals surface area (Å²) in [6.45, 7) is 2.28. The van der Waals surface area contributed by atoms with E-state index in [1.54, 1.807) is 35.3 Å². The summed E-state index contributed by atoms with van der Waals surface area (Å²) in [5.74, 6) is 0.992. The lowest BCUT2D eigenvalue weighted by atomic mass is 10.2. The van der Waals surface area contributed by atoms with Crippen molar-refractivity contribution >= 4 is 23.2 Å². The Morgan fingerprint density at radius 2 is 2.03 bits per heavy atom. The molecule has 0 spiro atoms. The number of rotatable bonds is 6. The van der Waals surface area contributed by atoms with Crippen molar-refractivity contribution in [3.8, 4) is 11.5 Å². The van der Waals surface area contributed by atoms with Crippen molar-refractivity contribution in [3.05, 3.63) is 54.4 Å². The van der Waals surface area contributed by atoms with E-state index < -0.39 is 0 Å². The van der Waals surface area contributed by atoms with Gasteiger partial charge in [0.15, 0.2) is 18.1 Å². The Bertz CT molecular complexity index is 1020. The number of nitrogens with zero attached hydrogens (tertiary/aromatic N) is 4. The third kappa shape index (κ3) is 4.38. The van der Waals surface area contributed by atoms with E-state index in [0.29, 0.717) is 37.8 Å². The monoisotopic (exact) mass is 394 g/mol. The van der Waals surface area contributed by atoms with Crippen LogP contribution in [-0.4, -0.2) is 66.7 Å². The minimum absolute atomic E-state index is 0.0369. The minimum atomic E-state index is -0.0621. The molecule has 0 atom stereocenters. The van der Waals surface area contributed by atoms with Crippen molar-refractivity contribution < 1.29 is 19.0 Å². The first-order chi connectivity index (χ1) is 14.2. The zero-order valence-corrected chi connectivity index (χ0v) is 16.2. The third-order valence-electron chi connectivity index (χ3n) is 4.67.